The van der Waals surface area contributed by atoms with E-state index in [-0.39, 0.29) is 0 Å². The van der Waals surface area contributed by atoms with Crippen molar-refractivity contribution in [2.24, 2.45) is 0 Å². The first-order valence-electron chi connectivity index (χ1n) is 4.56. The molecule has 2 aromatic rings. The van der Waals surface area contributed by atoms with Gasteiger partial charge < -0.3 is 0 Å². The number of thiol groups is 1. The van der Waals surface area contributed by atoms with Gasteiger partial charge in [0, 0.05) is 22.6 Å². The molecular weight excluding hydrogens is 190 g/mol. The third-order valence-corrected chi connectivity index (χ3v) is 2.38. The van der Waals surface area contributed by atoms with Crippen LogP contribution in [-0.2, 0) is 6.54 Å². The first kappa shape index (κ1) is 9.28. The summed E-state index contributed by atoms with van der Waals surface area (Å²) in [5.74, 6) is 0. The number of hydrogen-bond acceptors (Lipinski definition) is 1. The van der Waals surface area contributed by atoms with Crippen molar-refractivity contribution in [1.82, 2.24) is 0 Å². The minimum atomic E-state index is 0.912. The molecule has 1 aromatic carbocycles. The number of hydrogen-bond donors (Lipinski definition) is 1. The standard InChI is InChI=1S/C12H11NS/c14-12-6-8-13(9-7-12)10-11-4-2-1-3-5-11/h1-9H,10H2/p+1. The van der Waals surface area contributed by atoms with Gasteiger partial charge in [-0.15, -0.1) is 12.6 Å². The van der Waals surface area contributed by atoms with Gasteiger partial charge in [-0.25, -0.2) is 4.57 Å². The highest BCUT2D eigenvalue weighted by Crippen LogP contribution is 2.01. The van der Waals surface area contributed by atoms with Crippen molar-refractivity contribution in [2.75, 3.05) is 0 Å². The molecule has 0 unspecified atom stereocenters. The minimum absolute atomic E-state index is 0.912. The van der Waals surface area contributed by atoms with Crippen LogP contribution in [0.5, 0.6) is 0 Å². The normalized spacial score (nSPS) is 10.1. The summed E-state index contributed by atoms with van der Waals surface area (Å²) in [6.07, 6.45) is 4.07. The van der Waals surface area contributed by atoms with Gasteiger partial charge >= 0.3 is 0 Å². The Morgan fingerprint density at radius 3 is 2.21 bits per heavy atom. The number of rotatable bonds is 2. The van der Waals surface area contributed by atoms with E-state index in [4.69, 9.17) is 0 Å². The summed E-state index contributed by atoms with van der Waals surface area (Å²) >= 11 is 4.24. The maximum Gasteiger partial charge on any atom is 0.173 e. The molecule has 2 rings (SSSR count). The second-order valence-corrected chi connectivity index (χ2v) is 3.73. The summed E-state index contributed by atoms with van der Waals surface area (Å²) in [5.41, 5.74) is 1.31. The molecule has 70 valence electrons. The van der Waals surface area contributed by atoms with Gasteiger partial charge in [0.05, 0.1) is 0 Å². The van der Waals surface area contributed by atoms with Gasteiger partial charge in [-0.2, -0.15) is 0 Å². The molecule has 0 aliphatic rings. The van der Waals surface area contributed by atoms with Crippen molar-refractivity contribution in [3.05, 3.63) is 60.4 Å². The Morgan fingerprint density at radius 2 is 1.57 bits per heavy atom. The SMILES string of the molecule is Sc1cc[n+](Cc2ccccc2)cc1. The molecule has 0 amide bonds. The van der Waals surface area contributed by atoms with Crippen LogP contribution in [0.2, 0.25) is 0 Å². The molecule has 1 heterocycles. The van der Waals surface area contributed by atoms with Crippen molar-refractivity contribution < 1.29 is 4.57 Å². The predicted octanol–water partition coefficient (Wildman–Crippen LogP) is 2.31. The van der Waals surface area contributed by atoms with Crippen LogP contribution in [0.15, 0.2) is 59.8 Å². The van der Waals surface area contributed by atoms with Crippen LogP contribution in [0.3, 0.4) is 0 Å². The lowest BCUT2D eigenvalue weighted by molar-refractivity contribution is -0.688. The fourth-order valence-electron chi connectivity index (χ4n) is 1.35. The maximum absolute atomic E-state index is 4.24. The predicted molar refractivity (Wildman–Crippen MR) is 59.4 cm³/mol. The first-order chi connectivity index (χ1) is 6.84. The summed E-state index contributed by atoms with van der Waals surface area (Å²) in [4.78, 5) is 0.995. The van der Waals surface area contributed by atoms with Crippen LogP contribution in [0.4, 0.5) is 0 Å². The van der Waals surface area contributed by atoms with E-state index in [9.17, 15) is 0 Å². The molecule has 0 aliphatic carbocycles. The van der Waals surface area contributed by atoms with Gasteiger partial charge in [0.25, 0.3) is 0 Å². The third kappa shape index (κ3) is 2.36. The van der Waals surface area contributed by atoms with Crippen molar-refractivity contribution in [1.29, 1.82) is 0 Å². The largest absolute Gasteiger partial charge is 0.201 e. The Morgan fingerprint density at radius 1 is 0.929 bits per heavy atom. The summed E-state index contributed by atoms with van der Waals surface area (Å²) < 4.78 is 2.13. The van der Waals surface area contributed by atoms with Gasteiger partial charge in [-0.3, -0.25) is 0 Å². The van der Waals surface area contributed by atoms with E-state index >= 15 is 0 Å². The topological polar surface area (TPSA) is 3.88 Å². The van der Waals surface area contributed by atoms with E-state index in [0.717, 1.165) is 11.4 Å². The van der Waals surface area contributed by atoms with Crippen LogP contribution >= 0.6 is 12.6 Å². The fraction of sp³-hybridized carbons (Fsp3) is 0.0833. The zero-order valence-corrected chi connectivity index (χ0v) is 8.69. The number of benzene rings is 1. The lowest BCUT2D eigenvalue weighted by atomic mass is 10.2. The lowest BCUT2D eigenvalue weighted by Crippen LogP contribution is -2.32. The molecular formula is C12H12NS+. The Hall–Kier alpha value is -1.28. The fourth-order valence-corrected chi connectivity index (χ4v) is 1.48. The quantitative estimate of drug-likeness (QED) is 0.563. The Balaban J connectivity index is 2.16. The van der Waals surface area contributed by atoms with Crippen LogP contribution in [0.25, 0.3) is 0 Å². The molecule has 0 saturated carbocycles. The van der Waals surface area contributed by atoms with E-state index in [0.29, 0.717) is 0 Å². The lowest BCUT2D eigenvalue weighted by Gasteiger charge is -1.96. The van der Waals surface area contributed by atoms with Crippen molar-refractivity contribution in [3.8, 4) is 0 Å². The summed E-state index contributed by atoms with van der Waals surface area (Å²) in [5, 5.41) is 0. The minimum Gasteiger partial charge on any atom is -0.201 e. The van der Waals surface area contributed by atoms with Crippen LogP contribution in [0.1, 0.15) is 5.56 Å². The maximum atomic E-state index is 4.24. The molecule has 0 N–H and O–H groups in total. The zero-order chi connectivity index (χ0) is 9.80. The second kappa shape index (κ2) is 4.29. The van der Waals surface area contributed by atoms with E-state index in [1.54, 1.807) is 0 Å². The highest BCUT2D eigenvalue weighted by Gasteiger charge is 2.00. The van der Waals surface area contributed by atoms with E-state index in [1.807, 2.05) is 30.6 Å². The van der Waals surface area contributed by atoms with Crippen LogP contribution in [0, 0.1) is 0 Å². The zero-order valence-electron chi connectivity index (χ0n) is 7.80. The average Bonchev–Trinajstić information content (AvgIpc) is 2.23. The molecule has 0 atom stereocenters. The van der Waals surface area contributed by atoms with Gasteiger partial charge in [0.15, 0.2) is 18.9 Å². The van der Waals surface area contributed by atoms with Gasteiger partial charge in [0.1, 0.15) is 0 Å². The van der Waals surface area contributed by atoms with E-state index in [1.165, 1.54) is 5.56 Å². The summed E-state index contributed by atoms with van der Waals surface area (Å²) in [6.45, 7) is 0.912. The highest BCUT2D eigenvalue weighted by atomic mass is 32.1. The first-order valence-corrected chi connectivity index (χ1v) is 5.01. The monoisotopic (exact) mass is 202 g/mol. The van der Waals surface area contributed by atoms with E-state index < -0.39 is 0 Å². The number of pyridine rings is 1. The smallest absolute Gasteiger partial charge is 0.173 e. The molecule has 14 heavy (non-hydrogen) atoms. The Bertz CT molecular complexity index is 394. The van der Waals surface area contributed by atoms with Crippen molar-refractivity contribution in [3.63, 3.8) is 0 Å². The van der Waals surface area contributed by atoms with Crippen LogP contribution < -0.4 is 4.57 Å². The van der Waals surface area contributed by atoms with Gasteiger partial charge in [0.2, 0.25) is 0 Å². The van der Waals surface area contributed by atoms with Crippen molar-refractivity contribution in [2.45, 2.75) is 11.4 Å². The molecule has 0 radical (unpaired) electrons. The average molecular weight is 202 g/mol. The molecule has 1 aromatic heterocycles. The van der Waals surface area contributed by atoms with Gasteiger partial charge in [-0.1, -0.05) is 30.3 Å². The molecule has 0 bridgehead atoms. The Labute approximate surface area is 89.4 Å². The summed E-state index contributed by atoms with van der Waals surface area (Å²) in [6, 6.07) is 14.4. The Kier molecular flexibility index (Phi) is 2.84. The molecule has 1 nitrogen and oxygen atoms in total. The van der Waals surface area contributed by atoms with Crippen LogP contribution in [-0.4, -0.2) is 0 Å². The molecule has 0 aliphatic heterocycles. The second-order valence-electron chi connectivity index (χ2n) is 3.21. The highest BCUT2D eigenvalue weighted by molar-refractivity contribution is 7.80. The third-order valence-electron chi connectivity index (χ3n) is 2.08. The van der Waals surface area contributed by atoms with E-state index in [2.05, 4.69) is 41.5 Å². The molecule has 0 spiro atoms. The molecule has 0 fully saturated rings. The number of aromatic nitrogens is 1. The number of nitrogens with zero attached hydrogens (tertiary/aromatic N) is 1. The van der Waals surface area contributed by atoms with Gasteiger partial charge in [-0.05, 0) is 0 Å². The molecule has 2 heteroatoms. The molecule has 0 saturated heterocycles. The summed E-state index contributed by atoms with van der Waals surface area (Å²) in [7, 11) is 0. The van der Waals surface area contributed by atoms with Crippen molar-refractivity contribution >= 4 is 12.6 Å².